The Morgan fingerprint density at radius 3 is 2.48 bits per heavy atom. The molecule has 2 aromatic rings. The van der Waals surface area contributed by atoms with Crippen molar-refractivity contribution in [3.05, 3.63) is 36.2 Å². The molecule has 1 aromatic heterocycles. The molecule has 0 amide bonds. The molecule has 0 saturated carbocycles. The van der Waals surface area contributed by atoms with Gasteiger partial charge in [0.1, 0.15) is 12.0 Å². The first-order valence-electron chi connectivity index (χ1n) is 7.92. The van der Waals surface area contributed by atoms with E-state index in [0.29, 0.717) is 23.9 Å². The zero-order chi connectivity index (χ0) is 16.8. The lowest BCUT2D eigenvalue weighted by Crippen LogP contribution is -2.29. The van der Waals surface area contributed by atoms with E-state index in [1.54, 1.807) is 0 Å². The van der Waals surface area contributed by atoms with Gasteiger partial charge in [0, 0.05) is 25.3 Å². The lowest BCUT2D eigenvalue weighted by atomic mass is 10.2. The minimum absolute atomic E-state index is 0.0575. The molecular formula is C17H25N5O. The van der Waals surface area contributed by atoms with Crippen molar-refractivity contribution < 1.29 is 5.11 Å². The van der Waals surface area contributed by atoms with Gasteiger partial charge < -0.3 is 20.6 Å². The number of rotatable bonds is 7. The molecule has 23 heavy (non-hydrogen) atoms. The van der Waals surface area contributed by atoms with Crippen LogP contribution in [0, 0.1) is 6.92 Å². The van der Waals surface area contributed by atoms with Gasteiger partial charge in [-0.3, -0.25) is 0 Å². The van der Waals surface area contributed by atoms with E-state index >= 15 is 0 Å². The number of nitrogens with two attached hydrogens (primary N) is 1. The maximum absolute atomic E-state index is 9.22. The standard InChI is InChI=1S/C17H25N5O/c1-4-21(9-10-23)16-15(18)17(20-12-19-16)22(5-2)14-8-6-7-13(3)11-14/h6-8,11-12,23H,4-5,9-10,18H2,1-3H3. The summed E-state index contributed by atoms with van der Waals surface area (Å²) in [5, 5.41) is 9.22. The lowest BCUT2D eigenvalue weighted by molar-refractivity contribution is 0.302. The molecule has 0 aliphatic rings. The monoisotopic (exact) mass is 315 g/mol. The maximum Gasteiger partial charge on any atom is 0.161 e. The Morgan fingerprint density at radius 2 is 1.87 bits per heavy atom. The molecule has 6 heteroatoms. The Balaban J connectivity index is 2.45. The van der Waals surface area contributed by atoms with Crippen molar-refractivity contribution in [2.45, 2.75) is 20.8 Å². The van der Waals surface area contributed by atoms with Crippen LogP contribution >= 0.6 is 0 Å². The number of likely N-dealkylation sites (N-methyl/N-ethyl adjacent to an activating group) is 1. The van der Waals surface area contributed by atoms with Crippen LogP contribution in [0.1, 0.15) is 19.4 Å². The number of hydrogen-bond acceptors (Lipinski definition) is 6. The Bertz CT molecular complexity index is 647. The van der Waals surface area contributed by atoms with Crippen molar-refractivity contribution in [3.63, 3.8) is 0 Å². The molecule has 124 valence electrons. The van der Waals surface area contributed by atoms with Crippen molar-refractivity contribution in [1.29, 1.82) is 0 Å². The van der Waals surface area contributed by atoms with Gasteiger partial charge in [0.2, 0.25) is 0 Å². The average molecular weight is 315 g/mol. The summed E-state index contributed by atoms with van der Waals surface area (Å²) in [7, 11) is 0. The quantitative estimate of drug-likeness (QED) is 0.816. The number of nitrogens with zero attached hydrogens (tertiary/aromatic N) is 4. The highest BCUT2D eigenvalue weighted by Crippen LogP contribution is 2.33. The summed E-state index contributed by atoms with van der Waals surface area (Å²) < 4.78 is 0. The van der Waals surface area contributed by atoms with E-state index in [4.69, 9.17) is 5.73 Å². The van der Waals surface area contributed by atoms with Gasteiger partial charge in [0.05, 0.1) is 6.61 Å². The topological polar surface area (TPSA) is 78.5 Å². The number of aromatic nitrogens is 2. The van der Waals surface area contributed by atoms with Gasteiger partial charge in [-0.1, -0.05) is 12.1 Å². The largest absolute Gasteiger partial charge is 0.395 e. The van der Waals surface area contributed by atoms with Crippen LogP contribution in [0.25, 0.3) is 0 Å². The third-order valence-corrected chi connectivity index (χ3v) is 3.78. The summed E-state index contributed by atoms with van der Waals surface area (Å²) in [5.41, 5.74) is 9.12. The van der Waals surface area contributed by atoms with Crippen LogP contribution in [0.2, 0.25) is 0 Å². The first-order valence-corrected chi connectivity index (χ1v) is 7.92. The Hall–Kier alpha value is -2.34. The number of aliphatic hydroxyl groups excluding tert-OH is 1. The van der Waals surface area contributed by atoms with Gasteiger partial charge in [0.25, 0.3) is 0 Å². The lowest BCUT2D eigenvalue weighted by Gasteiger charge is -2.27. The third kappa shape index (κ3) is 3.71. The van der Waals surface area contributed by atoms with Crippen molar-refractivity contribution in [3.8, 4) is 0 Å². The fraction of sp³-hybridized carbons (Fsp3) is 0.412. The summed E-state index contributed by atoms with van der Waals surface area (Å²) in [6.45, 7) is 8.15. The zero-order valence-electron chi connectivity index (χ0n) is 14.0. The van der Waals surface area contributed by atoms with Crippen LogP contribution in [0.4, 0.5) is 23.0 Å². The predicted octanol–water partition coefficient (Wildman–Crippen LogP) is 2.34. The molecule has 0 aliphatic heterocycles. The molecule has 0 aliphatic carbocycles. The minimum Gasteiger partial charge on any atom is -0.395 e. The van der Waals surface area contributed by atoms with Gasteiger partial charge in [-0.25, -0.2) is 9.97 Å². The molecule has 1 heterocycles. The van der Waals surface area contributed by atoms with Gasteiger partial charge >= 0.3 is 0 Å². The van der Waals surface area contributed by atoms with Crippen molar-refractivity contribution in [2.75, 3.05) is 41.8 Å². The van der Waals surface area contributed by atoms with Crippen LogP contribution in [0.15, 0.2) is 30.6 Å². The molecule has 0 unspecified atom stereocenters. The highest BCUT2D eigenvalue weighted by Gasteiger charge is 2.18. The van der Waals surface area contributed by atoms with Crippen molar-refractivity contribution >= 4 is 23.0 Å². The summed E-state index contributed by atoms with van der Waals surface area (Å²) in [6.07, 6.45) is 1.53. The van der Waals surface area contributed by atoms with Gasteiger partial charge in [-0.05, 0) is 38.5 Å². The molecule has 0 bridgehead atoms. The normalized spacial score (nSPS) is 10.6. The van der Waals surface area contributed by atoms with Gasteiger partial charge in [-0.15, -0.1) is 0 Å². The molecule has 0 radical (unpaired) electrons. The van der Waals surface area contributed by atoms with Crippen LogP contribution < -0.4 is 15.5 Å². The number of hydrogen-bond donors (Lipinski definition) is 2. The molecule has 0 saturated heterocycles. The fourth-order valence-electron chi connectivity index (χ4n) is 2.63. The van der Waals surface area contributed by atoms with E-state index < -0.39 is 0 Å². The second-order valence-electron chi connectivity index (χ2n) is 5.32. The first-order chi connectivity index (χ1) is 11.1. The smallest absolute Gasteiger partial charge is 0.161 e. The highest BCUT2D eigenvalue weighted by molar-refractivity contribution is 5.79. The molecule has 1 aromatic carbocycles. The first kappa shape index (κ1) is 17.0. The van der Waals surface area contributed by atoms with Crippen LogP contribution in [0.3, 0.4) is 0 Å². The molecule has 0 fully saturated rings. The highest BCUT2D eigenvalue weighted by atomic mass is 16.3. The molecule has 0 spiro atoms. The Labute approximate surface area is 137 Å². The van der Waals surface area contributed by atoms with Crippen molar-refractivity contribution in [1.82, 2.24) is 9.97 Å². The van der Waals surface area contributed by atoms with Crippen LogP contribution in [-0.4, -0.2) is 41.3 Å². The van der Waals surface area contributed by atoms with E-state index in [2.05, 4.69) is 40.8 Å². The van der Waals surface area contributed by atoms with E-state index in [9.17, 15) is 5.11 Å². The average Bonchev–Trinajstić information content (AvgIpc) is 2.55. The van der Waals surface area contributed by atoms with Gasteiger partial charge in [0.15, 0.2) is 11.6 Å². The minimum atomic E-state index is 0.0575. The second kappa shape index (κ2) is 7.78. The van der Waals surface area contributed by atoms with E-state index in [-0.39, 0.29) is 6.61 Å². The van der Waals surface area contributed by atoms with Crippen LogP contribution in [-0.2, 0) is 0 Å². The van der Waals surface area contributed by atoms with Crippen molar-refractivity contribution in [2.24, 2.45) is 0 Å². The van der Waals surface area contributed by atoms with Gasteiger partial charge in [-0.2, -0.15) is 0 Å². The Kier molecular flexibility index (Phi) is 5.76. The Morgan fingerprint density at radius 1 is 1.13 bits per heavy atom. The summed E-state index contributed by atoms with van der Waals surface area (Å²) in [5.74, 6) is 1.36. The number of aliphatic hydroxyl groups is 1. The summed E-state index contributed by atoms with van der Waals surface area (Å²) in [6, 6.07) is 8.24. The third-order valence-electron chi connectivity index (χ3n) is 3.78. The zero-order valence-corrected chi connectivity index (χ0v) is 14.0. The molecule has 0 atom stereocenters. The molecule has 2 rings (SSSR count). The van der Waals surface area contributed by atoms with E-state index in [1.807, 2.05) is 24.0 Å². The molecule has 3 N–H and O–H groups in total. The number of aryl methyl sites for hydroxylation is 1. The second-order valence-corrected chi connectivity index (χ2v) is 5.32. The maximum atomic E-state index is 9.22. The number of anilines is 4. The molecule has 6 nitrogen and oxygen atoms in total. The predicted molar refractivity (Wildman–Crippen MR) is 95.3 cm³/mol. The van der Waals surface area contributed by atoms with E-state index in [0.717, 1.165) is 18.8 Å². The summed E-state index contributed by atoms with van der Waals surface area (Å²) >= 11 is 0. The number of benzene rings is 1. The van der Waals surface area contributed by atoms with Crippen LogP contribution in [0.5, 0.6) is 0 Å². The fourth-order valence-corrected chi connectivity index (χ4v) is 2.63. The SMILES string of the molecule is CCN(CCO)c1ncnc(N(CC)c2cccc(C)c2)c1N. The number of nitrogen functional groups attached to an aromatic ring is 1. The summed E-state index contributed by atoms with van der Waals surface area (Å²) in [4.78, 5) is 12.7. The van der Waals surface area contributed by atoms with E-state index in [1.165, 1.54) is 11.9 Å². The molecular weight excluding hydrogens is 290 g/mol.